The zero-order chi connectivity index (χ0) is 27.8. The Morgan fingerprint density at radius 1 is 0.487 bits per heavy atom. The number of benzene rings is 2. The highest BCUT2D eigenvalue weighted by Crippen LogP contribution is 2.54. The van der Waals surface area contributed by atoms with Gasteiger partial charge in [-0.2, -0.15) is 0 Å². The Kier molecular flexibility index (Phi) is 17.3. The molecule has 0 atom stereocenters. The zero-order valence-electron chi connectivity index (χ0n) is 22.2. The molecule has 0 amide bonds. The fraction of sp³-hybridized carbons (Fsp3) is 0.586. The van der Waals surface area contributed by atoms with Gasteiger partial charge in [0.25, 0.3) is 0 Å². The van der Waals surface area contributed by atoms with Crippen molar-refractivity contribution in [2.24, 2.45) is 0 Å². The van der Waals surface area contributed by atoms with Crippen LogP contribution in [0.5, 0.6) is 0 Å². The van der Waals surface area contributed by atoms with Gasteiger partial charge in [0.05, 0.1) is 66.1 Å². The molecule has 0 saturated carbocycles. The molecule has 0 bridgehead atoms. The van der Waals surface area contributed by atoms with Crippen molar-refractivity contribution in [1.29, 1.82) is 0 Å². The highest BCUT2D eigenvalue weighted by Gasteiger charge is 2.43. The molecule has 1 aliphatic carbocycles. The number of alkyl halides is 2. The maximum atomic E-state index is 6.07. The molecule has 0 heterocycles. The van der Waals surface area contributed by atoms with E-state index < -0.39 is 0 Å². The minimum Gasteiger partial charge on any atom is -0.379 e. The van der Waals surface area contributed by atoms with E-state index in [1.54, 1.807) is 0 Å². The first-order chi connectivity index (χ1) is 19.1. The third kappa shape index (κ3) is 11.0. The third-order valence-electron chi connectivity index (χ3n) is 6.56. The number of rotatable bonds is 22. The highest BCUT2D eigenvalue weighted by molar-refractivity contribution is 14.1. The minimum absolute atomic E-state index is 0.208. The van der Waals surface area contributed by atoms with E-state index in [-0.39, 0.29) is 5.41 Å². The summed E-state index contributed by atoms with van der Waals surface area (Å²) >= 11 is 12.0. The van der Waals surface area contributed by atoms with Crippen molar-refractivity contribution in [3.63, 3.8) is 0 Å². The van der Waals surface area contributed by atoms with Gasteiger partial charge in [0.2, 0.25) is 0 Å². The van der Waals surface area contributed by atoms with E-state index in [9.17, 15) is 0 Å². The molecule has 10 heteroatoms. The van der Waals surface area contributed by atoms with Gasteiger partial charge in [-0.05, 0) is 59.4 Å². The summed E-state index contributed by atoms with van der Waals surface area (Å²) in [4.78, 5) is 0. The second-order valence-corrected chi connectivity index (χ2v) is 13.0. The molecule has 1 aliphatic rings. The van der Waals surface area contributed by atoms with E-state index >= 15 is 0 Å². The Hall–Kier alpha value is 0.620. The highest BCUT2D eigenvalue weighted by atomic mass is 127. The summed E-state index contributed by atoms with van der Waals surface area (Å²) in [6.07, 6.45) is 1.71. The van der Waals surface area contributed by atoms with Crippen LogP contribution in [0.3, 0.4) is 0 Å². The topological polar surface area (TPSA) is 55.4 Å². The van der Waals surface area contributed by atoms with Crippen LogP contribution in [0.1, 0.15) is 24.0 Å². The Balaban J connectivity index is 1.59. The number of halogens is 4. The van der Waals surface area contributed by atoms with Crippen LogP contribution in [0.2, 0.25) is 0 Å². The molecule has 2 aromatic rings. The van der Waals surface area contributed by atoms with E-state index in [4.69, 9.17) is 28.4 Å². The summed E-state index contributed by atoms with van der Waals surface area (Å²) in [6.45, 7) is 7.50. The maximum Gasteiger partial charge on any atom is 0.0701 e. The van der Waals surface area contributed by atoms with Crippen molar-refractivity contribution in [1.82, 2.24) is 0 Å². The Morgan fingerprint density at radius 3 is 1.18 bits per heavy atom. The summed E-state index contributed by atoms with van der Waals surface area (Å²) < 4.78 is 38.5. The molecule has 218 valence electrons. The van der Waals surface area contributed by atoms with Gasteiger partial charge in [0.1, 0.15) is 0 Å². The summed E-state index contributed by atoms with van der Waals surface area (Å²) in [7, 11) is 0. The van der Waals surface area contributed by atoms with Crippen molar-refractivity contribution in [3.05, 3.63) is 56.5 Å². The third-order valence-corrected chi connectivity index (χ3v) is 8.43. The molecule has 0 aromatic heterocycles. The molecule has 0 unspecified atom stereocenters. The normalized spacial score (nSPS) is 13.5. The number of fused-ring (bicyclic) bond motifs is 3. The van der Waals surface area contributed by atoms with Crippen molar-refractivity contribution in [2.45, 2.75) is 18.3 Å². The molecule has 6 nitrogen and oxygen atoms in total. The lowest BCUT2D eigenvalue weighted by molar-refractivity contribution is 0.00899. The van der Waals surface area contributed by atoms with Crippen LogP contribution >= 0.6 is 77.0 Å². The Bertz CT molecular complexity index is 903. The average molecular weight is 896 g/mol. The second-order valence-electron chi connectivity index (χ2n) is 9.01. The zero-order valence-corrected chi connectivity index (χ0v) is 29.7. The molecule has 0 radical (unpaired) electrons. The van der Waals surface area contributed by atoms with Crippen LogP contribution < -0.4 is 0 Å². The van der Waals surface area contributed by atoms with E-state index in [0.29, 0.717) is 66.1 Å². The lowest BCUT2D eigenvalue weighted by Crippen LogP contribution is -2.30. The Morgan fingerprint density at radius 2 is 0.821 bits per heavy atom. The summed E-state index contributed by atoms with van der Waals surface area (Å²) in [5.41, 5.74) is 5.00. The van der Waals surface area contributed by atoms with Crippen LogP contribution in [-0.4, -0.2) is 88.1 Å². The van der Waals surface area contributed by atoms with Crippen molar-refractivity contribution in [3.8, 4) is 11.1 Å². The number of hydrogen-bond acceptors (Lipinski definition) is 6. The number of ether oxygens (including phenoxy) is 6. The molecule has 0 N–H and O–H groups in total. The predicted octanol–water partition coefficient (Wildman–Crippen LogP) is 7.23. The van der Waals surface area contributed by atoms with E-state index in [1.807, 2.05) is 0 Å². The van der Waals surface area contributed by atoms with Gasteiger partial charge in [0.15, 0.2) is 0 Å². The van der Waals surface area contributed by atoms with Gasteiger partial charge in [-0.15, -0.1) is 0 Å². The first-order valence-electron chi connectivity index (χ1n) is 13.3. The van der Waals surface area contributed by atoms with Gasteiger partial charge >= 0.3 is 0 Å². The van der Waals surface area contributed by atoms with Crippen molar-refractivity contribution >= 4 is 77.0 Å². The first-order valence-corrected chi connectivity index (χ1v) is 17.9. The molecule has 0 spiro atoms. The molecular weight excluding hydrogens is 858 g/mol. The quantitative estimate of drug-likeness (QED) is 0.0708. The average Bonchev–Trinajstić information content (AvgIpc) is 3.19. The molecule has 3 rings (SSSR count). The first kappa shape index (κ1) is 34.1. The standard InChI is InChI=1S/C29H38Br2I2O6/c30-23-1-3-25-26-4-2-24(31)22-28(26)29(27(25)21-23,5-9-34-13-17-38-19-15-36-11-7-32)6-10-35-14-18-39-20-16-37-12-8-33/h1-4,21-22H,5-20H2. The van der Waals surface area contributed by atoms with Gasteiger partial charge in [-0.1, -0.05) is 89.2 Å². The maximum absolute atomic E-state index is 6.07. The molecule has 0 fully saturated rings. The predicted molar refractivity (Wildman–Crippen MR) is 180 cm³/mol. The smallest absolute Gasteiger partial charge is 0.0701 e. The monoisotopic (exact) mass is 894 g/mol. The lowest BCUT2D eigenvalue weighted by atomic mass is 9.73. The fourth-order valence-corrected chi connectivity index (χ4v) is 6.13. The molecule has 0 aliphatic heterocycles. The Labute approximate surface area is 277 Å². The SMILES string of the molecule is Brc1ccc2c(c1)C(CCOCCOCCOCCI)(CCOCCOCCOCCI)c1cc(Br)ccc1-2. The van der Waals surface area contributed by atoms with Crippen molar-refractivity contribution in [2.75, 3.05) is 88.1 Å². The molecular formula is C29H38Br2I2O6. The molecule has 39 heavy (non-hydrogen) atoms. The van der Waals surface area contributed by atoms with Gasteiger partial charge in [0, 0.05) is 36.4 Å². The van der Waals surface area contributed by atoms with Gasteiger partial charge < -0.3 is 28.4 Å². The van der Waals surface area contributed by atoms with Crippen LogP contribution in [0, 0.1) is 0 Å². The molecule has 2 aromatic carbocycles. The summed E-state index contributed by atoms with van der Waals surface area (Å²) in [6, 6.07) is 13.2. The van der Waals surface area contributed by atoms with Gasteiger partial charge in [-0.3, -0.25) is 0 Å². The molecule has 0 saturated heterocycles. The van der Waals surface area contributed by atoms with Crippen molar-refractivity contribution < 1.29 is 28.4 Å². The minimum atomic E-state index is -0.208. The number of hydrogen-bond donors (Lipinski definition) is 0. The van der Waals surface area contributed by atoms with Crippen LogP contribution in [-0.2, 0) is 33.8 Å². The van der Waals surface area contributed by atoms with Crippen LogP contribution in [0.4, 0.5) is 0 Å². The lowest BCUT2D eigenvalue weighted by Gasteiger charge is -2.32. The van der Waals surface area contributed by atoms with Crippen LogP contribution in [0.25, 0.3) is 11.1 Å². The van der Waals surface area contributed by atoms with Crippen LogP contribution in [0.15, 0.2) is 45.3 Å². The second kappa shape index (κ2) is 19.7. The van der Waals surface area contributed by atoms with E-state index in [0.717, 1.165) is 43.9 Å². The summed E-state index contributed by atoms with van der Waals surface area (Å²) in [5.74, 6) is 0. The fourth-order valence-electron chi connectivity index (χ4n) is 4.79. The van der Waals surface area contributed by atoms with Gasteiger partial charge in [-0.25, -0.2) is 0 Å². The summed E-state index contributed by atoms with van der Waals surface area (Å²) in [5, 5.41) is 0. The van der Waals surface area contributed by atoms with E-state index in [2.05, 4.69) is 113 Å². The van der Waals surface area contributed by atoms with E-state index in [1.165, 1.54) is 22.3 Å². The largest absolute Gasteiger partial charge is 0.379 e.